The van der Waals surface area contributed by atoms with Gasteiger partial charge in [-0.3, -0.25) is 4.79 Å². The highest BCUT2D eigenvalue weighted by atomic mass is 16.5. The van der Waals surface area contributed by atoms with Crippen LogP contribution in [-0.4, -0.2) is 12.6 Å². The third-order valence-electron chi connectivity index (χ3n) is 11.6. The van der Waals surface area contributed by atoms with Crippen molar-refractivity contribution in [1.29, 1.82) is 0 Å². The van der Waals surface area contributed by atoms with E-state index in [2.05, 4.69) is 27.7 Å². The third kappa shape index (κ3) is 38.7. The molecule has 2 unspecified atom stereocenters. The molecule has 0 aliphatic rings. The average Bonchev–Trinajstić information content (AvgIpc) is 3.12. The fourth-order valence-electron chi connectivity index (χ4n) is 8.00. The lowest BCUT2D eigenvalue weighted by Crippen LogP contribution is -2.14. The summed E-state index contributed by atoms with van der Waals surface area (Å²) in [5, 5.41) is 0. The van der Waals surface area contributed by atoms with Gasteiger partial charge in [-0.25, -0.2) is 0 Å². The van der Waals surface area contributed by atoms with Crippen LogP contribution in [-0.2, 0) is 9.53 Å². The van der Waals surface area contributed by atoms with E-state index in [0.29, 0.717) is 18.9 Å². The Hall–Kier alpha value is -0.530. The zero-order valence-electron chi connectivity index (χ0n) is 35.5. The lowest BCUT2D eigenvalue weighted by atomic mass is 9.89. The number of hydrogen-bond acceptors (Lipinski definition) is 2. The van der Waals surface area contributed by atoms with Crippen molar-refractivity contribution < 1.29 is 9.53 Å². The first-order valence-electron chi connectivity index (χ1n) is 23.8. The molecular formula is C48H96O2. The molecule has 0 saturated carbocycles. The molecule has 0 aliphatic heterocycles. The normalized spacial score (nSPS) is 12.8. The molecule has 0 aromatic carbocycles. The molecule has 2 heteroatoms. The number of ether oxygens (including phenoxy) is 1. The maximum absolute atomic E-state index is 12.4. The fraction of sp³-hybridized carbons (Fsp3) is 0.979. The number of carbonyl (C=O) groups is 1. The summed E-state index contributed by atoms with van der Waals surface area (Å²) in [5.74, 6) is 1.65. The van der Waals surface area contributed by atoms with Crippen molar-refractivity contribution in [3.05, 3.63) is 0 Å². The SMILES string of the molecule is CCCCCCCCC(CCCCCC)CCCCCCCCCCCCCCCCC(=O)OCC(CCCCCC)CCCCCCCC. The molecule has 0 spiro atoms. The highest BCUT2D eigenvalue weighted by Crippen LogP contribution is 2.25. The predicted molar refractivity (Wildman–Crippen MR) is 225 cm³/mol. The lowest BCUT2D eigenvalue weighted by molar-refractivity contribution is -0.145. The summed E-state index contributed by atoms with van der Waals surface area (Å²) in [4.78, 5) is 12.4. The van der Waals surface area contributed by atoms with Gasteiger partial charge in [-0.15, -0.1) is 0 Å². The molecule has 0 heterocycles. The van der Waals surface area contributed by atoms with Crippen LogP contribution in [0.4, 0.5) is 0 Å². The molecule has 0 saturated heterocycles. The number of rotatable bonds is 43. The standard InChI is InChI=1S/C48H96O2/c1-5-9-13-17-29-35-40-46(39-33-15-11-7-3)41-36-31-27-25-23-21-19-20-22-24-26-28-32-38-44-48(49)50-45-47(42-34-16-12-8-4)43-37-30-18-14-10-6-2/h46-47H,5-45H2,1-4H3. The van der Waals surface area contributed by atoms with Crippen molar-refractivity contribution in [3.8, 4) is 0 Å². The van der Waals surface area contributed by atoms with Gasteiger partial charge in [0.05, 0.1) is 6.61 Å². The van der Waals surface area contributed by atoms with E-state index in [-0.39, 0.29) is 5.97 Å². The van der Waals surface area contributed by atoms with Crippen molar-refractivity contribution in [1.82, 2.24) is 0 Å². The summed E-state index contributed by atoms with van der Waals surface area (Å²) in [6.07, 6.45) is 54.6. The van der Waals surface area contributed by atoms with Crippen molar-refractivity contribution in [3.63, 3.8) is 0 Å². The number of hydrogen-bond donors (Lipinski definition) is 0. The van der Waals surface area contributed by atoms with Gasteiger partial charge in [0.25, 0.3) is 0 Å². The Morgan fingerprint density at radius 3 is 0.880 bits per heavy atom. The average molecular weight is 705 g/mol. The maximum Gasteiger partial charge on any atom is 0.305 e. The van der Waals surface area contributed by atoms with Crippen LogP contribution in [0, 0.1) is 11.8 Å². The van der Waals surface area contributed by atoms with E-state index in [1.165, 1.54) is 244 Å². The number of esters is 1. The Bertz CT molecular complexity index is 630. The second-order valence-electron chi connectivity index (χ2n) is 16.7. The minimum Gasteiger partial charge on any atom is -0.465 e. The third-order valence-corrected chi connectivity index (χ3v) is 11.6. The Labute approximate surface area is 317 Å². The minimum absolute atomic E-state index is 0.0528. The second-order valence-corrected chi connectivity index (χ2v) is 16.7. The molecule has 0 radical (unpaired) electrons. The van der Waals surface area contributed by atoms with Crippen LogP contribution < -0.4 is 0 Å². The maximum atomic E-state index is 12.4. The molecule has 0 rings (SSSR count). The highest BCUT2D eigenvalue weighted by molar-refractivity contribution is 5.69. The topological polar surface area (TPSA) is 26.3 Å². The molecule has 2 nitrogen and oxygen atoms in total. The Morgan fingerprint density at radius 2 is 0.560 bits per heavy atom. The van der Waals surface area contributed by atoms with E-state index < -0.39 is 0 Å². The van der Waals surface area contributed by atoms with E-state index >= 15 is 0 Å². The van der Waals surface area contributed by atoms with Gasteiger partial charge in [0.2, 0.25) is 0 Å². The Balaban J connectivity index is 3.73. The zero-order valence-corrected chi connectivity index (χ0v) is 35.5. The van der Waals surface area contributed by atoms with Crippen LogP contribution in [0.3, 0.4) is 0 Å². The molecular weight excluding hydrogens is 609 g/mol. The van der Waals surface area contributed by atoms with Gasteiger partial charge in [0, 0.05) is 6.42 Å². The molecule has 50 heavy (non-hydrogen) atoms. The van der Waals surface area contributed by atoms with E-state index in [1.54, 1.807) is 0 Å². The second kappa shape index (κ2) is 42.9. The van der Waals surface area contributed by atoms with Crippen LogP contribution in [0.25, 0.3) is 0 Å². The summed E-state index contributed by atoms with van der Waals surface area (Å²) in [5.41, 5.74) is 0. The van der Waals surface area contributed by atoms with Gasteiger partial charge in [0.15, 0.2) is 0 Å². The zero-order chi connectivity index (χ0) is 36.4. The number of carbonyl (C=O) groups excluding carboxylic acids is 1. The molecule has 0 fully saturated rings. The van der Waals surface area contributed by atoms with Crippen molar-refractivity contribution >= 4 is 5.97 Å². The Kier molecular flexibility index (Phi) is 42.4. The summed E-state index contributed by atoms with van der Waals surface area (Å²) >= 11 is 0. The molecule has 0 aromatic rings. The first kappa shape index (κ1) is 49.5. The molecule has 0 bridgehead atoms. The van der Waals surface area contributed by atoms with Crippen LogP contribution in [0.15, 0.2) is 0 Å². The summed E-state index contributed by atoms with van der Waals surface area (Å²) in [6.45, 7) is 9.89. The van der Waals surface area contributed by atoms with Crippen LogP contribution in [0.1, 0.15) is 285 Å². The highest BCUT2D eigenvalue weighted by Gasteiger charge is 2.13. The smallest absolute Gasteiger partial charge is 0.305 e. The molecule has 0 N–H and O–H groups in total. The van der Waals surface area contributed by atoms with Crippen LogP contribution >= 0.6 is 0 Å². The van der Waals surface area contributed by atoms with E-state index in [9.17, 15) is 4.79 Å². The van der Waals surface area contributed by atoms with Crippen molar-refractivity contribution in [2.45, 2.75) is 285 Å². The predicted octanol–water partition coefficient (Wildman–Crippen LogP) is 17.4. The van der Waals surface area contributed by atoms with Crippen LogP contribution in [0.2, 0.25) is 0 Å². The van der Waals surface area contributed by atoms with Crippen LogP contribution in [0.5, 0.6) is 0 Å². The lowest BCUT2D eigenvalue weighted by Gasteiger charge is -2.17. The van der Waals surface area contributed by atoms with Gasteiger partial charge in [-0.05, 0) is 31.1 Å². The molecule has 0 aliphatic carbocycles. The van der Waals surface area contributed by atoms with E-state index in [4.69, 9.17) is 4.74 Å². The minimum atomic E-state index is 0.0528. The van der Waals surface area contributed by atoms with Gasteiger partial charge in [-0.2, -0.15) is 0 Å². The number of unbranched alkanes of at least 4 members (excludes halogenated alkanes) is 29. The Morgan fingerprint density at radius 1 is 0.320 bits per heavy atom. The molecule has 2 atom stereocenters. The van der Waals surface area contributed by atoms with Gasteiger partial charge in [0.1, 0.15) is 0 Å². The molecule has 0 aromatic heterocycles. The van der Waals surface area contributed by atoms with Gasteiger partial charge >= 0.3 is 5.97 Å². The monoisotopic (exact) mass is 705 g/mol. The summed E-state index contributed by atoms with van der Waals surface area (Å²) in [6, 6.07) is 0. The largest absolute Gasteiger partial charge is 0.465 e. The van der Waals surface area contributed by atoms with Gasteiger partial charge in [-0.1, -0.05) is 259 Å². The van der Waals surface area contributed by atoms with Crippen molar-refractivity contribution in [2.24, 2.45) is 11.8 Å². The first-order chi connectivity index (χ1) is 24.7. The summed E-state index contributed by atoms with van der Waals surface area (Å²) < 4.78 is 5.79. The van der Waals surface area contributed by atoms with Crippen molar-refractivity contribution in [2.75, 3.05) is 6.61 Å². The molecule has 300 valence electrons. The quantitative estimate of drug-likeness (QED) is 0.0466. The fourth-order valence-corrected chi connectivity index (χ4v) is 8.00. The first-order valence-corrected chi connectivity index (χ1v) is 23.8. The summed E-state index contributed by atoms with van der Waals surface area (Å²) in [7, 11) is 0. The van der Waals surface area contributed by atoms with E-state index in [1.807, 2.05) is 0 Å². The molecule has 0 amide bonds. The van der Waals surface area contributed by atoms with Gasteiger partial charge < -0.3 is 4.74 Å². The van der Waals surface area contributed by atoms with E-state index in [0.717, 1.165) is 12.3 Å².